The molecule has 19 heavy (non-hydrogen) atoms. The molecule has 0 amide bonds. The molecule has 0 radical (unpaired) electrons. The van der Waals surface area contributed by atoms with E-state index in [2.05, 4.69) is 24.1 Å². The number of hydrogen-bond acceptors (Lipinski definition) is 3. The van der Waals surface area contributed by atoms with Crippen molar-refractivity contribution in [3.63, 3.8) is 0 Å². The lowest BCUT2D eigenvalue weighted by Crippen LogP contribution is -2.62. The second-order valence-electron chi connectivity index (χ2n) is 5.58. The molecule has 1 unspecified atom stereocenters. The van der Waals surface area contributed by atoms with Crippen LogP contribution in [-0.2, 0) is 4.79 Å². The summed E-state index contributed by atoms with van der Waals surface area (Å²) in [7, 11) is 0. The summed E-state index contributed by atoms with van der Waals surface area (Å²) < 4.78 is 13.3. The zero-order valence-electron chi connectivity index (χ0n) is 11.2. The van der Waals surface area contributed by atoms with Crippen molar-refractivity contribution in [3.8, 4) is 0 Å². The van der Waals surface area contributed by atoms with Crippen LogP contribution < -0.4 is 10.2 Å². The van der Waals surface area contributed by atoms with Crippen LogP contribution in [0.4, 0.5) is 10.1 Å². The number of benzene rings is 1. The van der Waals surface area contributed by atoms with Crippen LogP contribution in [0.3, 0.4) is 0 Å². The van der Waals surface area contributed by atoms with Crippen LogP contribution >= 0.6 is 0 Å². The number of halogens is 1. The van der Waals surface area contributed by atoms with E-state index in [0.29, 0.717) is 13.1 Å². The van der Waals surface area contributed by atoms with Gasteiger partial charge in [-0.2, -0.15) is 0 Å². The molecule has 5 heteroatoms. The van der Waals surface area contributed by atoms with Crippen LogP contribution in [0.2, 0.25) is 0 Å². The van der Waals surface area contributed by atoms with Crippen LogP contribution in [0.5, 0.6) is 0 Å². The van der Waals surface area contributed by atoms with E-state index in [4.69, 9.17) is 5.11 Å². The fraction of sp³-hybridized carbons (Fsp3) is 0.500. The number of rotatable bonds is 3. The number of carboxylic acids is 1. The second kappa shape index (κ2) is 5.17. The largest absolute Gasteiger partial charge is 0.481 e. The molecular weight excluding hydrogens is 247 g/mol. The zero-order valence-corrected chi connectivity index (χ0v) is 11.2. The van der Waals surface area contributed by atoms with E-state index in [1.165, 1.54) is 12.1 Å². The molecule has 1 atom stereocenters. The molecule has 1 saturated heterocycles. The Morgan fingerprint density at radius 1 is 1.58 bits per heavy atom. The van der Waals surface area contributed by atoms with E-state index in [1.807, 2.05) is 6.07 Å². The van der Waals surface area contributed by atoms with Gasteiger partial charge in [-0.05, 0) is 32.0 Å². The first-order valence-electron chi connectivity index (χ1n) is 6.37. The highest BCUT2D eigenvalue weighted by Crippen LogP contribution is 2.27. The van der Waals surface area contributed by atoms with Gasteiger partial charge < -0.3 is 15.3 Å². The highest BCUT2D eigenvalue weighted by atomic mass is 19.1. The fourth-order valence-electron chi connectivity index (χ4n) is 2.47. The standard InChI is InChI=1S/C14H19FN2O2/c1-14(2)9-16-11(7-13(18)19)8-17(14)12-5-3-4-10(15)6-12/h3-6,11,16H,7-9H2,1-2H3,(H,18,19). The Balaban J connectivity index is 2.21. The summed E-state index contributed by atoms with van der Waals surface area (Å²) in [5, 5.41) is 12.1. The Kier molecular flexibility index (Phi) is 3.75. The molecule has 0 saturated carbocycles. The van der Waals surface area contributed by atoms with Crippen LogP contribution in [0.1, 0.15) is 20.3 Å². The molecule has 0 spiro atoms. The van der Waals surface area contributed by atoms with E-state index in [9.17, 15) is 9.18 Å². The third-order valence-corrected chi connectivity index (χ3v) is 3.50. The zero-order chi connectivity index (χ0) is 14.0. The number of piperazine rings is 1. The lowest BCUT2D eigenvalue weighted by atomic mass is 9.95. The van der Waals surface area contributed by atoms with E-state index in [1.54, 1.807) is 6.07 Å². The third-order valence-electron chi connectivity index (χ3n) is 3.50. The third kappa shape index (κ3) is 3.23. The number of hydrogen-bond donors (Lipinski definition) is 2. The summed E-state index contributed by atoms with van der Waals surface area (Å²) in [4.78, 5) is 12.9. The Morgan fingerprint density at radius 3 is 2.95 bits per heavy atom. The fourth-order valence-corrected chi connectivity index (χ4v) is 2.47. The summed E-state index contributed by atoms with van der Waals surface area (Å²) in [6, 6.07) is 6.31. The summed E-state index contributed by atoms with van der Waals surface area (Å²) >= 11 is 0. The van der Waals surface area contributed by atoms with Gasteiger partial charge in [-0.25, -0.2) is 4.39 Å². The first-order valence-corrected chi connectivity index (χ1v) is 6.37. The molecule has 1 aromatic carbocycles. The van der Waals surface area contributed by atoms with Crippen LogP contribution in [0.25, 0.3) is 0 Å². The van der Waals surface area contributed by atoms with Gasteiger partial charge in [0.15, 0.2) is 0 Å². The maximum absolute atomic E-state index is 13.3. The number of nitrogens with one attached hydrogen (secondary N) is 1. The molecule has 1 aliphatic rings. The van der Waals surface area contributed by atoms with Crippen molar-refractivity contribution in [2.45, 2.75) is 31.8 Å². The van der Waals surface area contributed by atoms with Crippen molar-refractivity contribution in [2.75, 3.05) is 18.0 Å². The number of nitrogens with zero attached hydrogens (tertiary/aromatic N) is 1. The Hall–Kier alpha value is -1.62. The molecule has 0 aliphatic carbocycles. The SMILES string of the molecule is CC1(C)CNC(CC(=O)O)CN1c1cccc(F)c1. The van der Waals surface area contributed by atoms with Gasteiger partial charge >= 0.3 is 5.97 Å². The Labute approximate surface area is 112 Å². The summed E-state index contributed by atoms with van der Waals surface area (Å²) in [6.45, 7) is 5.34. The van der Waals surface area contributed by atoms with Crippen LogP contribution in [0.15, 0.2) is 24.3 Å². The van der Waals surface area contributed by atoms with Gasteiger partial charge in [0.1, 0.15) is 5.82 Å². The minimum Gasteiger partial charge on any atom is -0.481 e. The van der Waals surface area contributed by atoms with Gasteiger partial charge in [0.2, 0.25) is 0 Å². The average Bonchev–Trinajstić information content (AvgIpc) is 2.31. The molecule has 2 rings (SSSR count). The van der Waals surface area contributed by atoms with Gasteiger partial charge in [0, 0.05) is 30.4 Å². The van der Waals surface area contributed by atoms with E-state index >= 15 is 0 Å². The first kappa shape index (κ1) is 13.8. The summed E-state index contributed by atoms with van der Waals surface area (Å²) in [6.07, 6.45) is 0.0713. The molecule has 0 aromatic heterocycles. The average molecular weight is 266 g/mol. The molecule has 1 fully saturated rings. The molecular formula is C14H19FN2O2. The van der Waals surface area contributed by atoms with Crippen LogP contribution in [-0.4, -0.2) is 35.7 Å². The van der Waals surface area contributed by atoms with Crippen molar-refractivity contribution in [3.05, 3.63) is 30.1 Å². The van der Waals surface area contributed by atoms with E-state index in [0.717, 1.165) is 5.69 Å². The summed E-state index contributed by atoms with van der Waals surface area (Å²) in [5.74, 6) is -1.10. The predicted octanol–water partition coefficient (Wildman–Crippen LogP) is 1.86. The quantitative estimate of drug-likeness (QED) is 0.876. The molecule has 1 aliphatic heterocycles. The molecule has 4 nitrogen and oxygen atoms in total. The van der Waals surface area contributed by atoms with Gasteiger partial charge in [0.25, 0.3) is 0 Å². The monoisotopic (exact) mass is 266 g/mol. The molecule has 1 aromatic rings. The van der Waals surface area contributed by atoms with Crippen molar-refractivity contribution in [1.29, 1.82) is 0 Å². The van der Waals surface area contributed by atoms with Crippen molar-refractivity contribution < 1.29 is 14.3 Å². The molecule has 104 valence electrons. The van der Waals surface area contributed by atoms with E-state index in [-0.39, 0.29) is 23.8 Å². The topological polar surface area (TPSA) is 52.6 Å². The van der Waals surface area contributed by atoms with E-state index < -0.39 is 5.97 Å². The Morgan fingerprint density at radius 2 is 2.32 bits per heavy atom. The molecule has 2 N–H and O–H groups in total. The maximum atomic E-state index is 13.3. The van der Waals surface area contributed by atoms with Crippen molar-refractivity contribution in [2.24, 2.45) is 0 Å². The van der Waals surface area contributed by atoms with Crippen LogP contribution in [0, 0.1) is 5.82 Å². The smallest absolute Gasteiger partial charge is 0.304 e. The minimum absolute atomic E-state index is 0.0713. The van der Waals surface area contributed by atoms with Crippen molar-refractivity contribution >= 4 is 11.7 Å². The normalized spacial score (nSPS) is 22.3. The molecule has 0 bridgehead atoms. The number of carbonyl (C=O) groups is 1. The van der Waals surface area contributed by atoms with Gasteiger partial charge in [-0.1, -0.05) is 6.07 Å². The minimum atomic E-state index is -0.823. The Bertz CT molecular complexity index is 476. The van der Waals surface area contributed by atoms with Gasteiger partial charge in [-0.15, -0.1) is 0 Å². The maximum Gasteiger partial charge on any atom is 0.304 e. The lowest BCUT2D eigenvalue weighted by molar-refractivity contribution is -0.137. The highest BCUT2D eigenvalue weighted by Gasteiger charge is 2.34. The number of anilines is 1. The van der Waals surface area contributed by atoms with Crippen molar-refractivity contribution in [1.82, 2.24) is 5.32 Å². The molecule has 1 heterocycles. The first-order chi connectivity index (χ1) is 8.88. The lowest BCUT2D eigenvalue weighted by Gasteiger charge is -2.47. The highest BCUT2D eigenvalue weighted by molar-refractivity contribution is 5.68. The number of carboxylic acid groups (broad SMARTS) is 1. The predicted molar refractivity (Wildman–Crippen MR) is 71.9 cm³/mol. The van der Waals surface area contributed by atoms with Gasteiger partial charge in [-0.3, -0.25) is 4.79 Å². The second-order valence-corrected chi connectivity index (χ2v) is 5.58. The summed E-state index contributed by atoms with van der Waals surface area (Å²) in [5.41, 5.74) is 0.616. The number of aliphatic carboxylic acids is 1. The van der Waals surface area contributed by atoms with Gasteiger partial charge in [0.05, 0.1) is 6.42 Å².